The van der Waals surface area contributed by atoms with Crippen LogP contribution in [-0.4, -0.2) is 15.9 Å². The maximum Gasteiger partial charge on any atom is 0.251 e. The molecule has 0 aliphatic heterocycles. The van der Waals surface area contributed by atoms with Crippen molar-refractivity contribution in [2.75, 3.05) is 5.32 Å². The molecule has 0 spiro atoms. The Morgan fingerprint density at radius 1 is 0.963 bits per heavy atom. The van der Waals surface area contributed by atoms with Gasteiger partial charge >= 0.3 is 0 Å². The molecule has 138 valence electrons. The Bertz CT molecular complexity index is 919. The van der Waals surface area contributed by atoms with Gasteiger partial charge in [-0.25, -0.2) is 14.4 Å². The van der Waals surface area contributed by atoms with Crippen molar-refractivity contribution >= 4 is 17.5 Å². The zero-order chi connectivity index (χ0) is 19.4. The van der Waals surface area contributed by atoms with Gasteiger partial charge in [-0.15, -0.1) is 0 Å². The minimum atomic E-state index is -0.298. The average Bonchev–Trinajstić information content (AvgIpc) is 2.62. The van der Waals surface area contributed by atoms with Crippen LogP contribution in [0.5, 0.6) is 0 Å². The maximum atomic E-state index is 13.0. The molecule has 0 radical (unpaired) electrons. The molecule has 1 unspecified atom stereocenters. The van der Waals surface area contributed by atoms with Crippen LogP contribution in [0.1, 0.15) is 40.3 Å². The molecule has 2 N–H and O–H groups in total. The summed E-state index contributed by atoms with van der Waals surface area (Å²) in [5.41, 5.74) is 3.94. The van der Waals surface area contributed by atoms with Gasteiger partial charge < -0.3 is 10.6 Å². The van der Waals surface area contributed by atoms with Crippen LogP contribution in [0.4, 0.5) is 16.0 Å². The number of hydrogen-bond acceptors (Lipinski definition) is 4. The number of aromatic nitrogens is 2. The highest BCUT2D eigenvalue weighted by atomic mass is 19.1. The van der Waals surface area contributed by atoms with Gasteiger partial charge in [-0.05, 0) is 68.8 Å². The van der Waals surface area contributed by atoms with E-state index in [1.165, 1.54) is 12.1 Å². The lowest BCUT2D eigenvalue weighted by molar-refractivity contribution is 0.0940. The summed E-state index contributed by atoms with van der Waals surface area (Å²) in [6.45, 7) is 5.68. The van der Waals surface area contributed by atoms with Crippen LogP contribution >= 0.6 is 0 Å². The zero-order valence-corrected chi connectivity index (χ0v) is 15.5. The zero-order valence-electron chi connectivity index (χ0n) is 15.5. The van der Waals surface area contributed by atoms with Crippen molar-refractivity contribution in [3.63, 3.8) is 0 Å². The number of anilines is 2. The Kier molecular flexibility index (Phi) is 5.45. The number of aryl methyl sites for hydroxylation is 2. The quantitative estimate of drug-likeness (QED) is 0.701. The van der Waals surface area contributed by atoms with Gasteiger partial charge in [0.05, 0.1) is 6.04 Å². The Labute approximate surface area is 157 Å². The lowest BCUT2D eigenvalue weighted by atomic mass is 10.1. The third kappa shape index (κ3) is 4.88. The summed E-state index contributed by atoms with van der Waals surface area (Å²) in [6, 6.07) is 14.8. The smallest absolute Gasteiger partial charge is 0.251 e. The summed E-state index contributed by atoms with van der Waals surface area (Å²) in [4.78, 5) is 21.1. The number of rotatable bonds is 5. The monoisotopic (exact) mass is 364 g/mol. The number of amides is 1. The fourth-order valence-corrected chi connectivity index (χ4v) is 2.73. The molecule has 0 saturated carbocycles. The maximum absolute atomic E-state index is 13.0. The molecule has 1 aromatic heterocycles. The Hall–Kier alpha value is -3.28. The second kappa shape index (κ2) is 7.95. The molecule has 1 atom stereocenters. The van der Waals surface area contributed by atoms with E-state index in [4.69, 9.17) is 0 Å². The molecule has 0 aliphatic rings. The van der Waals surface area contributed by atoms with Crippen molar-refractivity contribution in [3.8, 4) is 0 Å². The SMILES string of the molecule is Cc1cc(C)nc(Nc2ccc(C(=O)NC(C)c3ccc(F)cc3)cc2)n1. The van der Waals surface area contributed by atoms with E-state index >= 15 is 0 Å². The van der Waals surface area contributed by atoms with Crippen molar-refractivity contribution in [2.45, 2.75) is 26.8 Å². The molecule has 3 aromatic rings. The molecule has 1 amide bonds. The molecule has 0 fully saturated rings. The normalized spacial score (nSPS) is 11.7. The Balaban J connectivity index is 1.65. The molecule has 0 bridgehead atoms. The minimum Gasteiger partial charge on any atom is -0.346 e. The van der Waals surface area contributed by atoms with E-state index < -0.39 is 0 Å². The predicted octanol–water partition coefficient (Wildman–Crippen LogP) is 4.47. The lowest BCUT2D eigenvalue weighted by Crippen LogP contribution is -2.26. The second-order valence-electron chi connectivity index (χ2n) is 6.42. The number of nitrogens with one attached hydrogen (secondary N) is 2. The first kappa shape index (κ1) is 18.5. The third-order valence-corrected chi connectivity index (χ3v) is 4.10. The highest BCUT2D eigenvalue weighted by molar-refractivity contribution is 5.94. The van der Waals surface area contributed by atoms with E-state index in [0.717, 1.165) is 22.6 Å². The van der Waals surface area contributed by atoms with Crippen molar-refractivity contribution in [3.05, 3.63) is 82.9 Å². The van der Waals surface area contributed by atoms with Gasteiger partial charge in [-0.3, -0.25) is 4.79 Å². The molecule has 3 rings (SSSR count). The molecule has 2 aromatic carbocycles. The van der Waals surface area contributed by atoms with Crippen LogP contribution in [-0.2, 0) is 0 Å². The predicted molar refractivity (Wildman–Crippen MR) is 104 cm³/mol. The van der Waals surface area contributed by atoms with Crippen LogP contribution < -0.4 is 10.6 Å². The van der Waals surface area contributed by atoms with E-state index in [1.807, 2.05) is 26.8 Å². The van der Waals surface area contributed by atoms with Gasteiger partial charge in [0.25, 0.3) is 5.91 Å². The molecule has 5 nitrogen and oxygen atoms in total. The average molecular weight is 364 g/mol. The fraction of sp³-hybridized carbons (Fsp3) is 0.190. The van der Waals surface area contributed by atoms with Crippen molar-refractivity contribution in [2.24, 2.45) is 0 Å². The standard InChI is InChI=1S/C21H21FN4O/c1-13-12-14(2)24-21(23-13)26-19-10-6-17(7-11-19)20(27)25-15(3)16-4-8-18(22)9-5-16/h4-12,15H,1-3H3,(H,25,27)(H,23,24,26). The summed E-state index contributed by atoms with van der Waals surface area (Å²) < 4.78 is 13.0. The van der Waals surface area contributed by atoms with Gasteiger partial charge in [0.2, 0.25) is 5.95 Å². The molecule has 0 saturated heterocycles. The van der Waals surface area contributed by atoms with E-state index in [0.29, 0.717) is 11.5 Å². The second-order valence-corrected chi connectivity index (χ2v) is 6.42. The van der Waals surface area contributed by atoms with Gasteiger partial charge in [-0.2, -0.15) is 0 Å². The number of carbonyl (C=O) groups excluding carboxylic acids is 1. The first-order chi connectivity index (χ1) is 12.9. The van der Waals surface area contributed by atoms with Crippen molar-refractivity contribution < 1.29 is 9.18 Å². The third-order valence-electron chi connectivity index (χ3n) is 4.10. The largest absolute Gasteiger partial charge is 0.346 e. The van der Waals surface area contributed by atoms with Crippen LogP contribution in [0.2, 0.25) is 0 Å². The summed E-state index contributed by atoms with van der Waals surface area (Å²) in [7, 11) is 0. The highest BCUT2D eigenvalue weighted by Crippen LogP contribution is 2.17. The molecule has 0 aliphatic carbocycles. The Morgan fingerprint density at radius 3 is 2.15 bits per heavy atom. The van der Waals surface area contributed by atoms with Gasteiger partial charge in [0.15, 0.2) is 0 Å². The Morgan fingerprint density at radius 2 is 1.56 bits per heavy atom. The first-order valence-electron chi connectivity index (χ1n) is 8.66. The molecular weight excluding hydrogens is 343 g/mol. The summed E-state index contributed by atoms with van der Waals surface area (Å²) in [6.07, 6.45) is 0. The molecular formula is C21H21FN4O. The van der Waals surface area contributed by atoms with Crippen molar-refractivity contribution in [1.82, 2.24) is 15.3 Å². The summed E-state index contributed by atoms with van der Waals surface area (Å²) >= 11 is 0. The minimum absolute atomic E-state index is 0.193. The van der Waals surface area contributed by atoms with Crippen LogP contribution in [0.15, 0.2) is 54.6 Å². The van der Waals surface area contributed by atoms with E-state index in [1.54, 1.807) is 36.4 Å². The van der Waals surface area contributed by atoms with Gasteiger partial charge in [0.1, 0.15) is 5.82 Å². The van der Waals surface area contributed by atoms with E-state index in [9.17, 15) is 9.18 Å². The van der Waals surface area contributed by atoms with E-state index in [-0.39, 0.29) is 17.8 Å². The van der Waals surface area contributed by atoms with Crippen LogP contribution in [0.3, 0.4) is 0 Å². The number of carbonyl (C=O) groups is 1. The summed E-state index contributed by atoms with van der Waals surface area (Å²) in [5.74, 6) is 0.0313. The molecule has 27 heavy (non-hydrogen) atoms. The fourth-order valence-electron chi connectivity index (χ4n) is 2.73. The number of nitrogens with zero attached hydrogens (tertiary/aromatic N) is 2. The van der Waals surface area contributed by atoms with Crippen molar-refractivity contribution in [1.29, 1.82) is 0 Å². The lowest BCUT2D eigenvalue weighted by Gasteiger charge is -2.14. The summed E-state index contributed by atoms with van der Waals surface area (Å²) in [5, 5.41) is 6.04. The van der Waals surface area contributed by atoms with Crippen LogP contribution in [0.25, 0.3) is 0 Å². The van der Waals surface area contributed by atoms with Crippen LogP contribution in [0, 0.1) is 19.7 Å². The number of halogens is 1. The molecule has 6 heteroatoms. The van der Waals surface area contributed by atoms with Gasteiger partial charge in [-0.1, -0.05) is 12.1 Å². The van der Waals surface area contributed by atoms with E-state index in [2.05, 4.69) is 20.6 Å². The number of hydrogen-bond donors (Lipinski definition) is 2. The number of benzene rings is 2. The first-order valence-corrected chi connectivity index (χ1v) is 8.66. The highest BCUT2D eigenvalue weighted by Gasteiger charge is 2.12. The molecule has 1 heterocycles. The topological polar surface area (TPSA) is 66.9 Å². The van der Waals surface area contributed by atoms with Gasteiger partial charge in [0, 0.05) is 22.6 Å².